The highest BCUT2D eigenvalue weighted by Gasteiger charge is 2.31. The Kier molecular flexibility index (Phi) is 5.12. The monoisotopic (exact) mass is 306 g/mol. The Morgan fingerprint density at radius 3 is 2.57 bits per heavy atom. The first-order chi connectivity index (χ1) is 9.64. The molecule has 9 heteroatoms. The third-order valence-electron chi connectivity index (χ3n) is 2.55. The minimum Gasteiger partial charge on any atom is -0.465 e. The molecule has 0 saturated heterocycles. The van der Waals surface area contributed by atoms with Crippen LogP contribution in [0.3, 0.4) is 0 Å². The Morgan fingerprint density at radius 1 is 1.48 bits per heavy atom. The van der Waals surface area contributed by atoms with Gasteiger partial charge >= 0.3 is 12.1 Å². The Bertz CT molecular complexity index is 546. The van der Waals surface area contributed by atoms with Gasteiger partial charge in [0.25, 0.3) is 5.69 Å². The highest BCUT2D eigenvalue weighted by molar-refractivity contribution is 5.91. The molecule has 0 saturated carbocycles. The zero-order valence-electron chi connectivity index (χ0n) is 11.2. The molecule has 6 nitrogen and oxygen atoms in total. The number of hydrogen-bond acceptors (Lipinski definition) is 5. The molecule has 0 heterocycles. The van der Waals surface area contributed by atoms with Crippen LogP contribution < -0.4 is 5.32 Å². The molecule has 1 unspecified atom stereocenters. The van der Waals surface area contributed by atoms with Crippen LogP contribution in [0.2, 0.25) is 0 Å². The van der Waals surface area contributed by atoms with Gasteiger partial charge in [0.15, 0.2) is 0 Å². The Hall–Kier alpha value is -2.32. The van der Waals surface area contributed by atoms with Gasteiger partial charge in [-0.3, -0.25) is 10.1 Å². The number of nitro groups is 1. The number of hydrogen-bond donors (Lipinski definition) is 1. The molecule has 0 aromatic heterocycles. The minimum atomic E-state index is -4.40. The van der Waals surface area contributed by atoms with E-state index in [0.717, 1.165) is 19.2 Å². The number of esters is 1. The number of ether oxygens (including phenoxy) is 1. The second kappa shape index (κ2) is 6.42. The number of anilines is 1. The fourth-order valence-electron chi connectivity index (χ4n) is 1.72. The fraction of sp³-hybridized carbons (Fsp3) is 0.417. The molecule has 0 amide bonds. The van der Waals surface area contributed by atoms with Crippen molar-refractivity contribution in [3.05, 3.63) is 33.9 Å². The predicted octanol–water partition coefficient (Wildman–Crippen LogP) is 3.13. The predicted molar refractivity (Wildman–Crippen MR) is 68.2 cm³/mol. The first-order valence-electron chi connectivity index (χ1n) is 5.84. The number of halogens is 3. The highest BCUT2D eigenvalue weighted by Crippen LogP contribution is 2.29. The molecule has 1 rings (SSSR count). The van der Waals surface area contributed by atoms with Crippen LogP contribution >= 0.6 is 0 Å². The Labute approximate surface area is 118 Å². The van der Waals surface area contributed by atoms with E-state index in [0.29, 0.717) is 0 Å². The molecule has 21 heavy (non-hydrogen) atoms. The van der Waals surface area contributed by atoms with Crippen LogP contribution in [-0.4, -0.2) is 30.2 Å². The number of nitro benzene ring substituents is 1. The van der Waals surface area contributed by atoms with Crippen LogP contribution in [-0.2, 0) is 4.74 Å². The van der Waals surface area contributed by atoms with Crippen molar-refractivity contribution in [3.63, 3.8) is 0 Å². The van der Waals surface area contributed by atoms with E-state index in [-0.39, 0.29) is 11.3 Å². The number of methoxy groups -OCH3 is 1. The number of carbonyl (C=O) groups is 1. The second-order valence-electron chi connectivity index (χ2n) is 4.35. The van der Waals surface area contributed by atoms with Crippen LogP contribution in [0.15, 0.2) is 18.2 Å². The van der Waals surface area contributed by atoms with Crippen molar-refractivity contribution < 1.29 is 27.6 Å². The summed E-state index contributed by atoms with van der Waals surface area (Å²) < 4.78 is 41.3. The van der Waals surface area contributed by atoms with Gasteiger partial charge in [-0.15, -0.1) is 0 Å². The first-order valence-corrected chi connectivity index (χ1v) is 5.84. The maximum atomic E-state index is 12.3. The molecule has 0 aliphatic rings. The van der Waals surface area contributed by atoms with E-state index in [4.69, 9.17) is 0 Å². The van der Waals surface area contributed by atoms with Crippen molar-refractivity contribution in [2.24, 2.45) is 0 Å². The minimum absolute atomic E-state index is 0.00445. The van der Waals surface area contributed by atoms with Gasteiger partial charge in [-0.25, -0.2) is 4.79 Å². The normalized spacial score (nSPS) is 12.6. The standard InChI is InChI=1S/C12H13F3N2O4/c1-7(6-12(13,14)15)16-9-5-8(11(18)21-2)3-4-10(9)17(19)20/h3-5,7,16H,6H2,1-2H3. The van der Waals surface area contributed by atoms with Gasteiger partial charge in [-0.1, -0.05) is 0 Å². The van der Waals surface area contributed by atoms with Crippen LogP contribution in [0.5, 0.6) is 0 Å². The van der Waals surface area contributed by atoms with Crippen molar-refractivity contribution in [2.45, 2.75) is 25.6 Å². The molecular formula is C12H13F3N2O4. The van der Waals surface area contributed by atoms with E-state index in [2.05, 4.69) is 10.1 Å². The molecule has 1 aromatic rings. The highest BCUT2D eigenvalue weighted by atomic mass is 19.4. The number of nitrogens with zero attached hydrogens (tertiary/aromatic N) is 1. The van der Waals surface area contributed by atoms with E-state index in [9.17, 15) is 28.1 Å². The zero-order chi connectivity index (χ0) is 16.2. The second-order valence-corrected chi connectivity index (χ2v) is 4.35. The molecule has 0 bridgehead atoms. The van der Waals surface area contributed by atoms with Crippen molar-refractivity contribution >= 4 is 17.3 Å². The van der Waals surface area contributed by atoms with Gasteiger partial charge in [-0.05, 0) is 19.1 Å². The van der Waals surface area contributed by atoms with Crippen molar-refractivity contribution in [1.29, 1.82) is 0 Å². The quantitative estimate of drug-likeness (QED) is 0.513. The number of benzene rings is 1. The molecule has 116 valence electrons. The summed E-state index contributed by atoms with van der Waals surface area (Å²) in [4.78, 5) is 21.5. The van der Waals surface area contributed by atoms with Gasteiger partial charge in [0.2, 0.25) is 0 Å². The van der Waals surface area contributed by atoms with E-state index < -0.39 is 35.2 Å². The fourth-order valence-corrected chi connectivity index (χ4v) is 1.72. The van der Waals surface area contributed by atoms with Gasteiger partial charge < -0.3 is 10.1 Å². The van der Waals surface area contributed by atoms with Crippen LogP contribution in [0.25, 0.3) is 0 Å². The summed E-state index contributed by atoms with van der Waals surface area (Å²) in [6.07, 6.45) is -5.56. The lowest BCUT2D eigenvalue weighted by Crippen LogP contribution is -2.24. The van der Waals surface area contributed by atoms with Gasteiger partial charge in [0.05, 0.1) is 24.0 Å². The van der Waals surface area contributed by atoms with Crippen molar-refractivity contribution in [2.75, 3.05) is 12.4 Å². The van der Waals surface area contributed by atoms with Gasteiger partial charge in [0.1, 0.15) is 5.69 Å². The van der Waals surface area contributed by atoms with Crippen LogP contribution in [0.1, 0.15) is 23.7 Å². The van der Waals surface area contributed by atoms with E-state index in [1.54, 1.807) is 0 Å². The maximum Gasteiger partial charge on any atom is 0.391 e. The van der Waals surface area contributed by atoms with E-state index in [1.807, 2.05) is 0 Å². The number of alkyl halides is 3. The molecule has 1 atom stereocenters. The third-order valence-corrected chi connectivity index (χ3v) is 2.55. The number of carbonyl (C=O) groups excluding carboxylic acids is 1. The van der Waals surface area contributed by atoms with Gasteiger partial charge in [0, 0.05) is 12.1 Å². The van der Waals surface area contributed by atoms with Crippen molar-refractivity contribution in [3.8, 4) is 0 Å². The largest absolute Gasteiger partial charge is 0.465 e. The summed E-state index contributed by atoms with van der Waals surface area (Å²) in [6.45, 7) is 1.24. The molecule has 1 N–H and O–H groups in total. The number of rotatable bonds is 5. The SMILES string of the molecule is COC(=O)c1ccc([N+](=O)[O-])c(NC(C)CC(F)(F)F)c1. The van der Waals surface area contributed by atoms with E-state index in [1.165, 1.54) is 13.0 Å². The third kappa shape index (κ3) is 4.93. The summed E-state index contributed by atoms with van der Waals surface area (Å²) in [5.41, 5.74) is -0.582. The molecular weight excluding hydrogens is 293 g/mol. The number of nitrogens with one attached hydrogen (secondary N) is 1. The Morgan fingerprint density at radius 2 is 2.10 bits per heavy atom. The molecule has 0 aliphatic carbocycles. The molecule has 0 aliphatic heterocycles. The maximum absolute atomic E-state index is 12.3. The lowest BCUT2D eigenvalue weighted by atomic mass is 10.1. The lowest BCUT2D eigenvalue weighted by Gasteiger charge is -2.17. The van der Waals surface area contributed by atoms with Crippen LogP contribution in [0.4, 0.5) is 24.5 Å². The molecule has 0 fully saturated rings. The topological polar surface area (TPSA) is 81.5 Å². The summed E-state index contributed by atoms with van der Waals surface area (Å²) in [5.74, 6) is -0.739. The summed E-state index contributed by atoms with van der Waals surface area (Å²) in [6, 6.07) is 2.21. The molecule has 0 radical (unpaired) electrons. The smallest absolute Gasteiger partial charge is 0.391 e. The first kappa shape index (κ1) is 16.7. The lowest BCUT2D eigenvalue weighted by molar-refractivity contribution is -0.384. The summed E-state index contributed by atoms with van der Waals surface area (Å²) >= 11 is 0. The average molecular weight is 306 g/mol. The molecule has 1 aromatic carbocycles. The average Bonchev–Trinajstić information content (AvgIpc) is 2.34. The van der Waals surface area contributed by atoms with Gasteiger partial charge in [-0.2, -0.15) is 13.2 Å². The van der Waals surface area contributed by atoms with Crippen molar-refractivity contribution in [1.82, 2.24) is 0 Å². The van der Waals surface area contributed by atoms with Crippen LogP contribution in [0, 0.1) is 10.1 Å². The van der Waals surface area contributed by atoms with E-state index >= 15 is 0 Å². The zero-order valence-corrected chi connectivity index (χ0v) is 11.2. The summed E-state index contributed by atoms with van der Waals surface area (Å²) in [7, 11) is 1.13. The Balaban J connectivity index is 3.06. The molecule has 0 spiro atoms. The summed E-state index contributed by atoms with van der Waals surface area (Å²) in [5, 5.41) is 13.3.